The number of imide groups is 2. The van der Waals surface area contributed by atoms with Crippen molar-refractivity contribution in [3.63, 3.8) is 0 Å². The molecule has 4 fully saturated rings. The molecule has 2 aromatic rings. The molecule has 2 N–H and O–H groups in total. The quantitative estimate of drug-likeness (QED) is 0.378. The van der Waals surface area contributed by atoms with Gasteiger partial charge in [0.05, 0.1) is 16.7 Å². The van der Waals surface area contributed by atoms with Gasteiger partial charge in [-0.05, 0) is 79.8 Å². The van der Waals surface area contributed by atoms with Crippen molar-refractivity contribution in [2.45, 2.75) is 96.9 Å². The van der Waals surface area contributed by atoms with Crippen molar-refractivity contribution in [1.82, 2.24) is 25.4 Å². The van der Waals surface area contributed by atoms with E-state index in [4.69, 9.17) is 4.74 Å². The second kappa shape index (κ2) is 12.8. The third-order valence-corrected chi connectivity index (χ3v) is 11.7. The van der Waals surface area contributed by atoms with E-state index in [1.165, 1.54) is 0 Å². The Morgan fingerprint density at radius 2 is 1.68 bits per heavy atom. The number of nitrogens with zero attached hydrogens (tertiary/aromatic N) is 4. The first-order valence-corrected chi connectivity index (χ1v) is 17.9. The molecule has 7 rings (SSSR count). The van der Waals surface area contributed by atoms with Crippen molar-refractivity contribution < 1.29 is 28.7 Å². The molecule has 0 radical (unpaired) electrons. The van der Waals surface area contributed by atoms with Gasteiger partial charge in [-0.1, -0.05) is 27.7 Å². The van der Waals surface area contributed by atoms with Gasteiger partial charge in [0.25, 0.3) is 17.7 Å². The fourth-order valence-electron chi connectivity index (χ4n) is 9.23. The summed E-state index contributed by atoms with van der Waals surface area (Å²) in [5.41, 5.74) is 1.27. The van der Waals surface area contributed by atoms with E-state index in [1.807, 2.05) is 12.1 Å². The van der Waals surface area contributed by atoms with Crippen molar-refractivity contribution in [3.8, 4) is 5.75 Å². The van der Waals surface area contributed by atoms with Crippen LogP contribution in [0.5, 0.6) is 5.75 Å². The molecule has 12 heteroatoms. The van der Waals surface area contributed by atoms with Gasteiger partial charge in [0.2, 0.25) is 11.8 Å². The highest BCUT2D eigenvalue weighted by Gasteiger charge is 2.53. The standard InChI is InChI=1S/C38H48N6O6/c1-37(2)21-38(3,4)36(37)41-32(46)23-6-10-30(39-19-23)43-14-12-22(13-15-43)20-42(5)24-16-26(17-24)50-25-7-8-27-28(18-25)35(49)44(34(27)48)29-9-11-31(45)40-33(29)47/h6-8,10,18-19,22,24,26,29,36H,9,11-17,20-21H2,1-5H3,(H,41,46)(H,40,45,47). The van der Waals surface area contributed by atoms with Crippen LogP contribution in [-0.2, 0) is 9.59 Å². The molecule has 3 aliphatic heterocycles. The summed E-state index contributed by atoms with van der Waals surface area (Å²) < 4.78 is 6.21. The lowest BCUT2D eigenvalue weighted by molar-refractivity contribution is -0.136. The van der Waals surface area contributed by atoms with Gasteiger partial charge in [0, 0.05) is 57.2 Å². The lowest BCUT2D eigenvalue weighted by Gasteiger charge is -2.57. The first kappa shape index (κ1) is 34.1. The molecule has 5 aliphatic rings. The van der Waals surface area contributed by atoms with E-state index in [0.29, 0.717) is 23.3 Å². The molecule has 0 spiro atoms. The van der Waals surface area contributed by atoms with E-state index in [9.17, 15) is 24.0 Å². The Morgan fingerprint density at radius 1 is 0.980 bits per heavy atom. The van der Waals surface area contributed by atoms with Crippen molar-refractivity contribution in [3.05, 3.63) is 53.2 Å². The molecule has 1 aromatic carbocycles. The number of anilines is 1. The fourth-order valence-corrected chi connectivity index (χ4v) is 9.23. The Labute approximate surface area is 293 Å². The van der Waals surface area contributed by atoms with Gasteiger partial charge in [-0.15, -0.1) is 0 Å². The molecule has 2 saturated carbocycles. The van der Waals surface area contributed by atoms with Crippen LogP contribution in [0.4, 0.5) is 5.82 Å². The van der Waals surface area contributed by atoms with Crippen LogP contribution in [0.3, 0.4) is 0 Å². The minimum absolute atomic E-state index is 0.0172. The summed E-state index contributed by atoms with van der Waals surface area (Å²) >= 11 is 0. The molecule has 2 aliphatic carbocycles. The monoisotopic (exact) mass is 684 g/mol. The Morgan fingerprint density at radius 3 is 2.32 bits per heavy atom. The predicted molar refractivity (Wildman–Crippen MR) is 186 cm³/mol. The molecular weight excluding hydrogens is 636 g/mol. The summed E-state index contributed by atoms with van der Waals surface area (Å²) in [6.45, 7) is 11.7. The molecule has 1 unspecified atom stereocenters. The van der Waals surface area contributed by atoms with Crippen LogP contribution in [0, 0.1) is 16.7 Å². The zero-order valence-electron chi connectivity index (χ0n) is 29.7. The summed E-state index contributed by atoms with van der Waals surface area (Å²) in [6, 6.07) is 8.32. The van der Waals surface area contributed by atoms with Crippen molar-refractivity contribution >= 4 is 35.4 Å². The highest BCUT2D eigenvalue weighted by molar-refractivity contribution is 6.23. The van der Waals surface area contributed by atoms with E-state index < -0.39 is 29.7 Å². The third-order valence-electron chi connectivity index (χ3n) is 11.7. The Balaban J connectivity index is 0.847. The molecule has 2 saturated heterocycles. The number of piperidine rings is 2. The number of aromatic nitrogens is 1. The van der Waals surface area contributed by atoms with E-state index in [0.717, 1.165) is 62.5 Å². The number of amides is 5. The maximum atomic E-state index is 13.2. The zero-order chi connectivity index (χ0) is 35.5. The number of benzene rings is 1. The fraction of sp³-hybridized carbons (Fsp3) is 0.579. The molecule has 266 valence electrons. The first-order chi connectivity index (χ1) is 23.7. The van der Waals surface area contributed by atoms with Crippen molar-refractivity contribution in [2.24, 2.45) is 16.7 Å². The Bertz CT molecular complexity index is 1690. The summed E-state index contributed by atoms with van der Waals surface area (Å²) in [6.07, 6.45) is 6.92. The number of hydrogen-bond donors (Lipinski definition) is 2. The van der Waals surface area contributed by atoms with Crippen LogP contribution in [0.2, 0.25) is 0 Å². The minimum atomic E-state index is -0.986. The van der Waals surface area contributed by atoms with E-state index in [2.05, 4.69) is 60.2 Å². The van der Waals surface area contributed by atoms with Crippen LogP contribution in [0.1, 0.15) is 104 Å². The first-order valence-electron chi connectivity index (χ1n) is 17.9. The number of ether oxygens (including phenoxy) is 1. The summed E-state index contributed by atoms with van der Waals surface area (Å²) in [7, 11) is 2.17. The van der Waals surface area contributed by atoms with Gasteiger partial charge in [-0.2, -0.15) is 0 Å². The largest absolute Gasteiger partial charge is 0.490 e. The van der Waals surface area contributed by atoms with Crippen LogP contribution in [0.15, 0.2) is 36.5 Å². The normalized spacial score (nSPS) is 26.3. The highest BCUT2D eigenvalue weighted by atomic mass is 16.5. The lowest BCUT2D eigenvalue weighted by atomic mass is 9.52. The average molecular weight is 685 g/mol. The summed E-state index contributed by atoms with van der Waals surface area (Å²) in [4.78, 5) is 73.4. The average Bonchev–Trinajstić information content (AvgIpc) is 3.29. The van der Waals surface area contributed by atoms with Crippen LogP contribution < -0.4 is 20.3 Å². The van der Waals surface area contributed by atoms with Gasteiger partial charge >= 0.3 is 0 Å². The molecule has 50 heavy (non-hydrogen) atoms. The second-order valence-corrected chi connectivity index (χ2v) is 16.4. The maximum absolute atomic E-state index is 13.2. The topological polar surface area (TPSA) is 141 Å². The van der Waals surface area contributed by atoms with Crippen LogP contribution in [-0.4, -0.2) is 95.2 Å². The number of nitrogens with one attached hydrogen (secondary N) is 2. The van der Waals surface area contributed by atoms with Crippen molar-refractivity contribution in [1.29, 1.82) is 0 Å². The Kier molecular flexibility index (Phi) is 8.73. The molecule has 1 aromatic heterocycles. The smallest absolute Gasteiger partial charge is 0.262 e. The van der Waals surface area contributed by atoms with Gasteiger partial charge in [0.15, 0.2) is 0 Å². The van der Waals surface area contributed by atoms with Gasteiger partial charge in [0.1, 0.15) is 23.7 Å². The van der Waals surface area contributed by atoms with Crippen LogP contribution in [0.25, 0.3) is 0 Å². The lowest BCUT2D eigenvalue weighted by Crippen LogP contribution is -2.63. The SMILES string of the molecule is CN(CC1CCN(c2ccc(C(=O)NC3C(C)(C)CC3(C)C)cn2)CC1)C1CC(Oc2ccc3c(c2)C(=O)N(C2CCC(=O)NC2=O)C3=O)C1. The molecule has 4 heterocycles. The molecular formula is C38H48N6O6. The number of hydrogen-bond acceptors (Lipinski definition) is 9. The van der Waals surface area contributed by atoms with E-state index >= 15 is 0 Å². The Hall–Kier alpha value is -4.32. The second-order valence-electron chi connectivity index (χ2n) is 16.4. The zero-order valence-corrected chi connectivity index (χ0v) is 29.7. The van der Waals surface area contributed by atoms with Crippen molar-refractivity contribution in [2.75, 3.05) is 31.6 Å². The minimum Gasteiger partial charge on any atom is -0.490 e. The predicted octanol–water partition coefficient (Wildman–Crippen LogP) is 3.80. The van der Waals surface area contributed by atoms with Gasteiger partial charge in [-0.25, -0.2) is 4.98 Å². The summed E-state index contributed by atoms with van der Waals surface area (Å²) in [5.74, 6) is -0.0999. The van der Waals surface area contributed by atoms with Gasteiger partial charge < -0.3 is 19.9 Å². The molecule has 5 amide bonds. The third kappa shape index (κ3) is 6.38. The number of rotatable bonds is 9. The highest BCUT2D eigenvalue weighted by Crippen LogP contribution is 2.53. The van der Waals surface area contributed by atoms with E-state index in [1.54, 1.807) is 24.4 Å². The molecule has 0 bridgehead atoms. The summed E-state index contributed by atoms with van der Waals surface area (Å²) in [5, 5.41) is 5.47. The number of fused-ring (bicyclic) bond motifs is 1. The maximum Gasteiger partial charge on any atom is 0.262 e. The number of carbonyl (C=O) groups excluding carboxylic acids is 5. The molecule has 1 atom stereocenters. The number of pyridine rings is 1. The van der Waals surface area contributed by atoms with Gasteiger partial charge in [-0.3, -0.25) is 34.2 Å². The molecule has 12 nitrogen and oxygen atoms in total. The van der Waals surface area contributed by atoms with Crippen LogP contribution >= 0.6 is 0 Å². The van der Waals surface area contributed by atoms with E-state index in [-0.39, 0.29) is 52.9 Å². The number of carbonyl (C=O) groups is 5.